The van der Waals surface area contributed by atoms with Gasteiger partial charge in [-0.1, -0.05) is 12.1 Å². The van der Waals surface area contributed by atoms with E-state index in [0.29, 0.717) is 12.2 Å². The molecule has 4 heteroatoms. The van der Waals surface area contributed by atoms with E-state index in [4.69, 9.17) is 9.47 Å². The van der Waals surface area contributed by atoms with Gasteiger partial charge in [-0.3, -0.25) is 0 Å². The monoisotopic (exact) mass is 341 g/mol. The van der Waals surface area contributed by atoms with E-state index in [1.807, 2.05) is 12.1 Å². The van der Waals surface area contributed by atoms with Crippen molar-refractivity contribution in [3.05, 3.63) is 64.5 Å². The van der Waals surface area contributed by atoms with Crippen LogP contribution in [-0.4, -0.2) is 19.7 Å². The highest BCUT2D eigenvalue weighted by molar-refractivity contribution is 5.41. The average molecular weight is 341 g/mol. The number of aryl methyl sites for hydroxylation is 1. The summed E-state index contributed by atoms with van der Waals surface area (Å²) in [6.07, 6.45) is 2.97. The van der Waals surface area contributed by atoms with E-state index in [1.54, 1.807) is 13.0 Å². The summed E-state index contributed by atoms with van der Waals surface area (Å²) in [4.78, 5) is 0. The molecule has 1 fully saturated rings. The molecule has 2 aromatic carbocycles. The number of hydrogen-bond acceptors (Lipinski definition) is 3. The standard InChI is InChI=1S/C21H24FNO2/c1-15-12-16(2-5-20(15)22)14-24-18-3-4-19-17(13-18)6-11-25-21(19)7-9-23-10-8-21/h2-5,12-13,23H,6-11,14H2,1H3. The largest absolute Gasteiger partial charge is 0.489 e. The van der Waals surface area contributed by atoms with E-state index < -0.39 is 0 Å². The van der Waals surface area contributed by atoms with Crippen LogP contribution in [0.4, 0.5) is 4.39 Å². The number of piperidine rings is 1. The van der Waals surface area contributed by atoms with Crippen LogP contribution < -0.4 is 10.1 Å². The molecule has 25 heavy (non-hydrogen) atoms. The molecule has 2 heterocycles. The highest BCUT2D eigenvalue weighted by Gasteiger charge is 2.38. The van der Waals surface area contributed by atoms with Gasteiger partial charge in [-0.15, -0.1) is 0 Å². The van der Waals surface area contributed by atoms with Crippen LogP contribution >= 0.6 is 0 Å². The van der Waals surface area contributed by atoms with Crippen molar-refractivity contribution in [1.29, 1.82) is 0 Å². The second-order valence-electron chi connectivity index (χ2n) is 7.03. The predicted molar refractivity (Wildman–Crippen MR) is 95.3 cm³/mol. The van der Waals surface area contributed by atoms with Gasteiger partial charge in [0, 0.05) is 0 Å². The summed E-state index contributed by atoms with van der Waals surface area (Å²) in [6.45, 7) is 5.00. The molecule has 0 aromatic heterocycles. The van der Waals surface area contributed by atoms with Gasteiger partial charge < -0.3 is 14.8 Å². The van der Waals surface area contributed by atoms with E-state index >= 15 is 0 Å². The molecule has 0 aliphatic carbocycles. The van der Waals surface area contributed by atoms with E-state index in [0.717, 1.165) is 50.3 Å². The summed E-state index contributed by atoms with van der Waals surface area (Å²) in [5, 5.41) is 3.41. The fourth-order valence-electron chi connectivity index (χ4n) is 3.95. The van der Waals surface area contributed by atoms with Gasteiger partial charge in [-0.2, -0.15) is 0 Å². The molecule has 1 spiro atoms. The lowest BCUT2D eigenvalue weighted by atomic mass is 9.80. The van der Waals surface area contributed by atoms with Crippen LogP contribution in [0, 0.1) is 12.7 Å². The molecule has 2 aromatic rings. The van der Waals surface area contributed by atoms with E-state index in [1.165, 1.54) is 17.2 Å². The van der Waals surface area contributed by atoms with Crippen LogP contribution in [-0.2, 0) is 23.4 Å². The van der Waals surface area contributed by atoms with Gasteiger partial charge in [0.1, 0.15) is 18.2 Å². The van der Waals surface area contributed by atoms with Crippen molar-refractivity contribution >= 4 is 0 Å². The third-order valence-electron chi connectivity index (χ3n) is 5.36. The normalized spacial score (nSPS) is 18.8. The molecule has 1 saturated heterocycles. The van der Waals surface area contributed by atoms with Crippen molar-refractivity contribution in [2.45, 2.75) is 38.4 Å². The topological polar surface area (TPSA) is 30.5 Å². The molecule has 0 bridgehead atoms. The molecule has 2 aliphatic rings. The zero-order chi connectivity index (χ0) is 17.3. The highest BCUT2D eigenvalue weighted by Crippen LogP contribution is 2.41. The number of rotatable bonds is 3. The first-order valence-electron chi connectivity index (χ1n) is 9.02. The van der Waals surface area contributed by atoms with Crippen molar-refractivity contribution < 1.29 is 13.9 Å². The Labute approximate surface area is 148 Å². The van der Waals surface area contributed by atoms with Crippen LogP contribution in [0.2, 0.25) is 0 Å². The maximum absolute atomic E-state index is 13.4. The smallest absolute Gasteiger partial charge is 0.126 e. The van der Waals surface area contributed by atoms with Gasteiger partial charge in [-0.05, 0) is 85.8 Å². The minimum Gasteiger partial charge on any atom is -0.489 e. The van der Waals surface area contributed by atoms with Crippen molar-refractivity contribution in [2.24, 2.45) is 0 Å². The Morgan fingerprint density at radius 1 is 1.16 bits per heavy atom. The Kier molecular flexibility index (Phi) is 4.48. The van der Waals surface area contributed by atoms with Crippen LogP contribution in [0.1, 0.15) is 35.1 Å². The number of ether oxygens (including phenoxy) is 2. The Balaban J connectivity index is 1.51. The third kappa shape index (κ3) is 3.29. The Morgan fingerprint density at radius 2 is 2.00 bits per heavy atom. The number of benzene rings is 2. The number of fused-ring (bicyclic) bond motifs is 2. The lowest BCUT2D eigenvalue weighted by Gasteiger charge is -2.42. The Morgan fingerprint density at radius 3 is 2.80 bits per heavy atom. The maximum Gasteiger partial charge on any atom is 0.126 e. The van der Waals surface area contributed by atoms with E-state index in [9.17, 15) is 4.39 Å². The second-order valence-corrected chi connectivity index (χ2v) is 7.03. The van der Waals surface area contributed by atoms with Crippen LogP contribution in [0.25, 0.3) is 0 Å². The Bertz CT molecular complexity index is 768. The van der Waals surface area contributed by atoms with Gasteiger partial charge >= 0.3 is 0 Å². The zero-order valence-corrected chi connectivity index (χ0v) is 14.6. The minimum atomic E-state index is -0.176. The molecule has 0 radical (unpaired) electrons. The summed E-state index contributed by atoms with van der Waals surface area (Å²) >= 11 is 0. The number of nitrogens with one attached hydrogen (secondary N) is 1. The first kappa shape index (κ1) is 16.6. The molecule has 4 rings (SSSR count). The first-order valence-corrected chi connectivity index (χ1v) is 9.02. The van der Waals surface area contributed by atoms with Gasteiger partial charge in [0.05, 0.1) is 12.2 Å². The van der Waals surface area contributed by atoms with Crippen molar-refractivity contribution in [3.63, 3.8) is 0 Å². The number of hydrogen-bond donors (Lipinski definition) is 1. The maximum atomic E-state index is 13.4. The summed E-state index contributed by atoms with van der Waals surface area (Å²) in [6, 6.07) is 11.5. The minimum absolute atomic E-state index is 0.120. The quantitative estimate of drug-likeness (QED) is 0.919. The zero-order valence-electron chi connectivity index (χ0n) is 14.6. The van der Waals surface area contributed by atoms with Crippen molar-refractivity contribution in [2.75, 3.05) is 19.7 Å². The molecule has 1 N–H and O–H groups in total. The molecule has 0 atom stereocenters. The Hall–Kier alpha value is -1.91. The van der Waals surface area contributed by atoms with Crippen LogP contribution in [0.5, 0.6) is 5.75 Å². The van der Waals surface area contributed by atoms with Crippen LogP contribution in [0.3, 0.4) is 0 Å². The van der Waals surface area contributed by atoms with Crippen LogP contribution in [0.15, 0.2) is 36.4 Å². The van der Waals surface area contributed by atoms with E-state index in [-0.39, 0.29) is 11.4 Å². The number of halogens is 1. The fourth-order valence-corrected chi connectivity index (χ4v) is 3.95. The van der Waals surface area contributed by atoms with Gasteiger partial charge in [0.25, 0.3) is 0 Å². The average Bonchev–Trinajstić information content (AvgIpc) is 2.64. The van der Waals surface area contributed by atoms with Crippen molar-refractivity contribution in [1.82, 2.24) is 5.32 Å². The van der Waals surface area contributed by atoms with Gasteiger partial charge in [-0.25, -0.2) is 4.39 Å². The SMILES string of the molecule is Cc1cc(COc2ccc3c(c2)CCOC32CCNCC2)ccc1F. The third-order valence-corrected chi connectivity index (χ3v) is 5.36. The highest BCUT2D eigenvalue weighted by atomic mass is 19.1. The molecular weight excluding hydrogens is 317 g/mol. The second kappa shape index (κ2) is 6.77. The summed E-state index contributed by atoms with van der Waals surface area (Å²) in [5.74, 6) is 0.691. The summed E-state index contributed by atoms with van der Waals surface area (Å²) in [5.41, 5.74) is 4.17. The van der Waals surface area contributed by atoms with E-state index in [2.05, 4.69) is 17.4 Å². The molecule has 132 valence electrons. The molecular formula is C21H24FNO2. The lowest BCUT2D eigenvalue weighted by Crippen LogP contribution is -2.44. The van der Waals surface area contributed by atoms with Crippen molar-refractivity contribution in [3.8, 4) is 5.75 Å². The van der Waals surface area contributed by atoms with Gasteiger partial charge in [0.2, 0.25) is 0 Å². The fraction of sp³-hybridized carbons (Fsp3) is 0.429. The molecule has 0 amide bonds. The molecule has 0 unspecified atom stereocenters. The molecule has 3 nitrogen and oxygen atoms in total. The lowest BCUT2D eigenvalue weighted by molar-refractivity contribution is -0.0802. The van der Waals surface area contributed by atoms with Gasteiger partial charge in [0.15, 0.2) is 0 Å². The predicted octanol–water partition coefficient (Wildman–Crippen LogP) is 3.86. The molecule has 0 saturated carbocycles. The first-order chi connectivity index (χ1) is 12.2. The summed E-state index contributed by atoms with van der Waals surface area (Å²) in [7, 11) is 0. The molecule has 2 aliphatic heterocycles. The summed E-state index contributed by atoms with van der Waals surface area (Å²) < 4.78 is 25.5.